The Bertz CT molecular complexity index is 928. The summed E-state index contributed by atoms with van der Waals surface area (Å²) in [6.45, 7) is 6.73. The molecule has 3 aliphatic heterocycles. The Kier molecular flexibility index (Phi) is 5.61. The Hall–Kier alpha value is -3.27. The fourth-order valence-corrected chi connectivity index (χ4v) is 3.89. The second-order valence-electron chi connectivity index (χ2n) is 7.58. The summed E-state index contributed by atoms with van der Waals surface area (Å²) in [7, 11) is 0. The molecule has 0 aliphatic carbocycles. The first kappa shape index (κ1) is 19.7. The van der Waals surface area contributed by atoms with Crippen LogP contribution >= 0.6 is 0 Å². The van der Waals surface area contributed by atoms with Crippen LogP contribution in [0.1, 0.15) is 0 Å². The number of nitrogens with one attached hydrogen (secondary N) is 1. The third-order valence-electron chi connectivity index (χ3n) is 5.61. The van der Waals surface area contributed by atoms with Gasteiger partial charge in [0.1, 0.15) is 19.0 Å². The molecule has 2 saturated heterocycles. The Morgan fingerprint density at radius 3 is 2.45 bits per heavy atom. The summed E-state index contributed by atoms with van der Waals surface area (Å²) in [4.78, 5) is 28.0. The number of hydrogen-bond acceptors (Lipinski definition) is 8. The molecular weight excluding hydrogens is 400 g/mol. The largest absolute Gasteiger partial charge is 0.486 e. The number of fused-ring (bicyclic) bond motifs is 1. The summed E-state index contributed by atoms with van der Waals surface area (Å²) in [5, 5.41) is 2.96. The van der Waals surface area contributed by atoms with E-state index in [-0.39, 0.29) is 6.03 Å². The summed E-state index contributed by atoms with van der Waals surface area (Å²) in [6, 6.07) is 7.26. The molecule has 1 aromatic carbocycles. The number of aromatic nitrogens is 2. The fourth-order valence-electron chi connectivity index (χ4n) is 3.89. The van der Waals surface area contributed by atoms with Gasteiger partial charge in [0.15, 0.2) is 11.5 Å². The van der Waals surface area contributed by atoms with Gasteiger partial charge in [0.25, 0.3) is 0 Å². The van der Waals surface area contributed by atoms with E-state index in [1.165, 1.54) is 0 Å². The van der Waals surface area contributed by atoms with Crippen LogP contribution in [0.25, 0.3) is 0 Å². The average Bonchev–Trinajstić information content (AvgIpc) is 2.85. The molecule has 10 heteroatoms. The molecule has 0 radical (unpaired) electrons. The predicted octanol–water partition coefficient (Wildman–Crippen LogP) is 1.44. The summed E-state index contributed by atoms with van der Waals surface area (Å²) in [5.74, 6) is 3.00. The Labute approximate surface area is 180 Å². The van der Waals surface area contributed by atoms with Crippen LogP contribution < -0.4 is 24.6 Å². The smallest absolute Gasteiger partial charge is 0.321 e. The van der Waals surface area contributed by atoms with Crippen LogP contribution in [0.5, 0.6) is 11.5 Å². The molecule has 5 rings (SSSR count). The van der Waals surface area contributed by atoms with Crippen molar-refractivity contribution in [2.45, 2.75) is 0 Å². The number of rotatable bonds is 3. The minimum absolute atomic E-state index is 0.118. The van der Waals surface area contributed by atoms with E-state index in [0.717, 1.165) is 24.9 Å². The first-order valence-corrected chi connectivity index (χ1v) is 10.6. The number of hydrogen-bond donors (Lipinski definition) is 1. The van der Waals surface area contributed by atoms with Gasteiger partial charge in [-0.2, -0.15) is 4.98 Å². The van der Waals surface area contributed by atoms with Crippen LogP contribution in [0.3, 0.4) is 0 Å². The lowest BCUT2D eigenvalue weighted by Crippen LogP contribution is -2.50. The highest BCUT2D eigenvalue weighted by Crippen LogP contribution is 2.32. The lowest BCUT2D eigenvalue weighted by atomic mass is 10.2. The number of morpholine rings is 1. The van der Waals surface area contributed by atoms with Crippen molar-refractivity contribution in [2.24, 2.45) is 0 Å². The summed E-state index contributed by atoms with van der Waals surface area (Å²) in [5.41, 5.74) is 0.697. The highest BCUT2D eigenvalue weighted by Gasteiger charge is 2.23. The zero-order valence-corrected chi connectivity index (χ0v) is 17.3. The van der Waals surface area contributed by atoms with E-state index in [1.54, 1.807) is 12.3 Å². The van der Waals surface area contributed by atoms with E-state index in [9.17, 15) is 4.79 Å². The third kappa shape index (κ3) is 4.43. The number of urea groups is 1. The number of carbonyl (C=O) groups is 1. The highest BCUT2D eigenvalue weighted by atomic mass is 16.6. The van der Waals surface area contributed by atoms with Crippen molar-refractivity contribution < 1.29 is 19.0 Å². The second-order valence-corrected chi connectivity index (χ2v) is 7.58. The monoisotopic (exact) mass is 426 g/mol. The normalized spacial score (nSPS) is 18.6. The van der Waals surface area contributed by atoms with Crippen LogP contribution in [0.4, 0.5) is 22.2 Å². The Morgan fingerprint density at radius 1 is 0.871 bits per heavy atom. The van der Waals surface area contributed by atoms with Gasteiger partial charge in [0.2, 0.25) is 5.95 Å². The molecule has 0 unspecified atom stereocenters. The lowest BCUT2D eigenvalue weighted by Gasteiger charge is -2.36. The van der Waals surface area contributed by atoms with Crippen molar-refractivity contribution in [3.63, 3.8) is 0 Å². The van der Waals surface area contributed by atoms with Gasteiger partial charge in [-0.05, 0) is 18.2 Å². The molecule has 10 nitrogen and oxygen atoms in total. The molecule has 4 heterocycles. The summed E-state index contributed by atoms with van der Waals surface area (Å²) >= 11 is 0. The van der Waals surface area contributed by atoms with Crippen molar-refractivity contribution in [2.75, 3.05) is 80.8 Å². The Balaban J connectivity index is 1.17. The molecule has 1 aromatic heterocycles. The molecular formula is C21H26N6O4. The van der Waals surface area contributed by atoms with Crippen LogP contribution in [0, 0.1) is 0 Å². The summed E-state index contributed by atoms with van der Waals surface area (Å²) in [6.07, 6.45) is 1.80. The van der Waals surface area contributed by atoms with Gasteiger partial charge in [-0.25, -0.2) is 9.78 Å². The van der Waals surface area contributed by atoms with Gasteiger partial charge in [-0.15, -0.1) is 0 Å². The number of ether oxygens (including phenoxy) is 3. The topological polar surface area (TPSA) is 92.3 Å². The summed E-state index contributed by atoms with van der Waals surface area (Å²) < 4.78 is 16.5. The molecule has 2 aromatic rings. The molecule has 0 atom stereocenters. The minimum atomic E-state index is -0.118. The zero-order chi connectivity index (χ0) is 21.0. The number of piperazine rings is 1. The third-order valence-corrected chi connectivity index (χ3v) is 5.61. The van der Waals surface area contributed by atoms with E-state index >= 15 is 0 Å². The van der Waals surface area contributed by atoms with E-state index in [1.807, 2.05) is 23.1 Å². The quantitative estimate of drug-likeness (QED) is 0.788. The van der Waals surface area contributed by atoms with E-state index in [4.69, 9.17) is 19.2 Å². The molecule has 164 valence electrons. The molecule has 3 aliphatic rings. The first-order chi connectivity index (χ1) is 15.3. The number of amides is 2. The van der Waals surface area contributed by atoms with Crippen LogP contribution in [-0.4, -0.2) is 86.6 Å². The standard InChI is InChI=1S/C21H26N6O4/c28-21(23-16-1-2-17-18(15-16)31-14-13-30-17)27-7-5-25(6-8-27)19-3-4-22-20(24-19)26-9-11-29-12-10-26/h1-4,15H,5-14H2,(H,23,28). The van der Waals surface area contributed by atoms with Gasteiger partial charge in [0.05, 0.1) is 13.2 Å². The average molecular weight is 426 g/mol. The number of nitrogens with zero attached hydrogens (tertiary/aromatic N) is 5. The maximum absolute atomic E-state index is 12.7. The van der Waals surface area contributed by atoms with Crippen molar-refractivity contribution in [3.05, 3.63) is 30.5 Å². The fraction of sp³-hybridized carbons (Fsp3) is 0.476. The Morgan fingerprint density at radius 2 is 1.65 bits per heavy atom. The minimum Gasteiger partial charge on any atom is -0.486 e. The SMILES string of the molecule is O=C(Nc1ccc2c(c1)OCCO2)N1CCN(c2ccnc(N3CCOCC3)n2)CC1. The maximum atomic E-state index is 12.7. The maximum Gasteiger partial charge on any atom is 0.321 e. The van der Waals surface area contributed by atoms with Gasteiger partial charge < -0.3 is 34.2 Å². The predicted molar refractivity (Wildman–Crippen MR) is 115 cm³/mol. The molecule has 0 saturated carbocycles. The van der Waals surface area contributed by atoms with Crippen LogP contribution in [-0.2, 0) is 4.74 Å². The van der Waals surface area contributed by atoms with Crippen molar-refractivity contribution >= 4 is 23.5 Å². The van der Waals surface area contributed by atoms with Gasteiger partial charge in [-0.3, -0.25) is 0 Å². The van der Waals surface area contributed by atoms with E-state index in [0.29, 0.717) is 69.8 Å². The number of anilines is 3. The molecule has 2 amide bonds. The van der Waals surface area contributed by atoms with Crippen molar-refractivity contribution in [1.29, 1.82) is 0 Å². The zero-order valence-electron chi connectivity index (χ0n) is 17.3. The molecule has 31 heavy (non-hydrogen) atoms. The molecule has 0 bridgehead atoms. The molecule has 0 spiro atoms. The second kappa shape index (κ2) is 8.84. The van der Waals surface area contributed by atoms with Crippen LogP contribution in [0.15, 0.2) is 30.5 Å². The number of carbonyl (C=O) groups excluding carboxylic acids is 1. The number of benzene rings is 1. The molecule has 2 fully saturated rings. The van der Waals surface area contributed by atoms with Crippen molar-refractivity contribution in [1.82, 2.24) is 14.9 Å². The highest BCUT2D eigenvalue weighted by molar-refractivity contribution is 5.90. The van der Waals surface area contributed by atoms with E-state index < -0.39 is 0 Å². The van der Waals surface area contributed by atoms with E-state index in [2.05, 4.69) is 20.1 Å². The van der Waals surface area contributed by atoms with Gasteiger partial charge in [-0.1, -0.05) is 0 Å². The van der Waals surface area contributed by atoms with Gasteiger partial charge >= 0.3 is 6.03 Å². The van der Waals surface area contributed by atoms with Gasteiger partial charge in [0, 0.05) is 57.2 Å². The molecule has 1 N–H and O–H groups in total. The lowest BCUT2D eigenvalue weighted by molar-refractivity contribution is 0.122. The van der Waals surface area contributed by atoms with Crippen LogP contribution in [0.2, 0.25) is 0 Å². The van der Waals surface area contributed by atoms with Crippen molar-refractivity contribution in [3.8, 4) is 11.5 Å². The first-order valence-electron chi connectivity index (χ1n) is 10.6.